The summed E-state index contributed by atoms with van der Waals surface area (Å²) in [6.45, 7) is 1.91. The quantitative estimate of drug-likeness (QED) is 0.499. The maximum absolute atomic E-state index is 6.06. The van der Waals surface area contributed by atoms with Crippen LogP contribution in [-0.2, 0) is 0 Å². The summed E-state index contributed by atoms with van der Waals surface area (Å²) in [4.78, 5) is 0. The van der Waals surface area contributed by atoms with Gasteiger partial charge in [0.25, 0.3) is 0 Å². The van der Waals surface area contributed by atoms with Crippen LogP contribution in [0.15, 0.2) is 30.3 Å². The second kappa shape index (κ2) is 6.71. The van der Waals surface area contributed by atoms with E-state index in [4.69, 9.17) is 52.8 Å². The molecule has 0 saturated carbocycles. The van der Waals surface area contributed by atoms with Gasteiger partial charge in [0.15, 0.2) is 5.11 Å². The number of nitrogens with two attached hydrogens (primary N) is 1. The average molecular weight is 361 g/mol. The standard InChI is InChI=1S/C14H12Cl3N3S/c1-7-9(15)3-2-4-12(7)20-14(21)19-8-5-10(16)13(18)11(17)6-8/h2-6H,18H2,1H3,(H2,19,20,21). The molecule has 110 valence electrons. The maximum atomic E-state index is 6.06. The van der Waals surface area contributed by atoms with Gasteiger partial charge in [-0.3, -0.25) is 0 Å². The monoisotopic (exact) mass is 359 g/mol. The normalized spacial score (nSPS) is 10.3. The van der Waals surface area contributed by atoms with Gasteiger partial charge in [-0.25, -0.2) is 0 Å². The highest BCUT2D eigenvalue weighted by Crippen LogP contribution is 2.31. The Hall–Kier alpha value is -1.20. The summed E-state index contributed by atoms with van der Waals surface area (Å²) in [7, 11) is 0. The molecule has 2 rings (SSSR count). The molecule has 4 N–H and O–H groups in total. The number of nitrogens with one attached hydrogen (secondary N) is 2. The van der Waals surface area contributed by atoms with Crippen LogP contribution in [0.2, 0.25) is 15.1 Å². The van der Waals surface area contributed by atoms with Gasteiger partial charge >= 0.3 is 0 Å². The zero-order chi connectivity index (χ0) is 15.6. The minimum Gasteiger partial charge on any atom is -0.396 e. The molecule has 0 spiro atoms. The van der Waals surface area contributed by atoms with E-state index in [1.54, 1.807) is 12.1 Å². The summed E-state index contributed by atoms with van der Waals surface area (Å²) in [6.07, 6.45) is 0. The van der Waals surface area contributed by atoms with Gasteiger partial charge in [-0.2, -0.15) is 0 Å². The second-order valence-corrected chi connectivity index (χ2v) is 5.97. The van der Waals surface area contributed by atoms with Crippen molar-refractivity contribution in [3.8, 4) is 0 Å². The van der Waals surface area contributed by atoms with Crippen LogP contribution >= 0.6 is 47.0 Å². The van der Waals surface area contributed by atoms with Crippen LogP contribution < -0.4 is 16.4 Å². The molecule has 2 aromatic carbocycles. The third-order valence-electron chi connectivity index (χ3n) is 2.85. The highest BCUT2D eigenvalue weighted by Gasteiger charge is 2.08. The Balaban J connectivity index is 2.14. The molecule has 0 saturated heterocycles. The number of hydrogen-bond donors (Lipinski definition) is 3. The summed E-state index contributed by atoms with van der Waals surface area (Å²) in [5.41, 5.74) is 8.42. The number of hydrogen-bond acceptors (Lipinski definition) is 2. The van der Waals surface area contributed by atoms with E-state index in [1.165, 1.54) is 0 Å². The van der Waals surface area contributed by atoms with Crippen molar-refractivity contribution in [1.29, 1.82) is 0 Å². The largest absolute Gasteiger partial charge is 0.396 e. The van der Waals surface area contributed by atoms with Crippen LogP contribution in [0, 0.1) is 6.92 Å². The first-order valence-electron chi connectivity index (χ1n) is 5.96. The Morgan fingerprint density at radius 1 is 1.05 bits per heavy atom. The van der Waals surface area contributed by atoms with E-state index in [9.17, 15) is 0 Å². The highest BCUT2D eigenvalue weighted by molar-refractivity contribution is 7.80. The van der Waals surface area contributed by atoms with Gasteiger partial charge < -0.3 is 16.4 Å². The molecule has 0 aliphatic rings. The van der Waals surface area contributed by atoms with Gasteiger partial charge in [0.1, 0.15) is 0 Å². The van der Waals surface area contributed by atoms with E-state index >= 15 is 0 Å². The lowest BCUT2D eigenvalue weighted by Gasteiger charge is -2.14. The van der Waals surface area contributed by atoms with Crippen molar-refractivity contribution in [3.63, 3.8) is 0 Å². The molecule has 21 heavy (non-hydrogen) atoms. The van der Waals surface area contributed by atoms with Crippen molar-refractivity contribution in [3.05, 3.63) is 51.0 Å². The van der Waals surface area contributed by atoms with Crippen LogP contribution in [0.4, 0.5) is 17.1 Å². The molecule has 0 atom stereocenters. The van der Waals surface area contributed by atoms with Crippen LogP contribution in [0.25, 0.3) is 0 Å². The van der Waals surface area contributed by atoms with Crippen LogP contribution in [0.5, 0.6) is 0 Å². The Morgan fingerprint density at radius 3 is 2.29 bits per heavy atom. The molecule has 0 radical (unpaired) electrons. The Bertz CT molecular complexity index is 681. The molecule has 3 nitrogen and oxygen atoms in total. The SMILES string of the molecule is Cc1c(Cl)cccc1NC(=S)Nc1cc(Cl)c(N)c(Cl)c1. The van der Waals surface area contributed by atoms with Crippen molar-refractivity contribution in [2.45, 2.75) is 6.92 Å². The van der Waals surface area contributed by atoms with Crippen LogP contribution in [0.3, 0.4) is 0 Å². The molecule has 0 heterocycles. The lowest BCUT2D eigenvalue weighted by atomic mass is 10.2. The first-order chi connectivity index (χ1) is 9.88. The first-order valence-corrected chi connectivity index (χ1v) is 7.50. The van der Waals surface area contributed by atoms with E-state index < -0.39 is 0 Å². The lowest BCUT2D eigenvalue weighted by Crippen LogP contribution is -2.19. The van der Waals surface area contributed by atoms with Crippen molar-refractivity contribution in [2.24, 2.45) is 0 Å². The Morgan fingerprint density at radius 2 is 1.67 bits per heavy atom. The summed E-state index contributed by atoms with van der Waals surface area (Å²) < 4.78 is 0. The average Bonchev–Trinajstić information content (AvgIpc) is 2.41. The fraction of sp³-hybridized carbons (Fsp3) is 0.0714. The maximum Gasteiger partial charge on any atom is 0.175 e. The van der Waals surface area contributed by atoms with E-state index in [0.29, 0.717) is 31.6 Å². The number of benzene rings is 2. The van der Waals surface area contributed by atoms with Gasteiger partial charge in [0, 0.05) is 16.4 Å². The molecule has 0 aromatic heterocycles. The third-order valence-corrected chi connectivity index (χ3v) is 4.09. The third kappa shape index (κ3) is 3.92. The van der Waals surface area contributed by atoms with Crippen LogP contribution in [-0.4, -0.2) is 5.11 Å². The lowest BCUT2D eigenvalue weighted by molar-refractivity contribution is 1.45. The first kappa shape index (κ1) is 16.2. The predicted molar refractivity (Wildman–Crippen MR) is 96.9 cm³/mol. The van der Waals surface area contributed by atoms with Crippen molar-refractivity contribution >= 4 is 69.2 Å². The molecular weight excluding hydrogens is 349 g/mol. The molecule has 0 aliphatic carbocycles. The summed E-state index contributed by atoms with van der Waals surface area (Å²) in [6, 6.07) is 8.86. The van der Waals surface area contributed by atoms with E-state index in [2.05, 4.69) is 10.6 Å². The zero-order valence-corrected chi connectivity index (χ0v) is 14.1. The summed E-state index contributed by atoms with van der Waals surface area (Å²) >= 11 is 23.3. The summed E-state index contributed by atoms with van der Waals surface area (Å²) in [5, 5.41) is 7.87. The molecular formula is C14H12Cl3N3S. The smallest absolute Gasteiger partial charge is 0.175 e. The minimum absolute atomic E-state index is 0.341. The topological polar surface area (TPSA) is 50.1 Å². The fourth-order valence-corrected chi connectivity index (χ4v) is 2.57. The van der Waals surface area contributed by atoms with Gasteiger partial charge in [-0.1, -0.05) is 40.9 Å². The Kier molecular flexibility index (Phi) is 5.17. The molecule has 0 aliphatic heterocycles. The molecule has 0 amide bonds. The predicted octanol–water partition coefficient (Wildman–Crippen LogP) is 5.35. The van der Waals surface area contributed by atoms with Crippen molar-refractivity contribution in [1.82, 2.24) is 0 Å². The van der Waals surface area contributed by atoms with E-state index in [0.717, 1.165) is 11.3 Å². The molecule has 2 aromatic rings. The number of halogens is 3. The van der Waals surface area contributed by atoms with Crippen molar-refractivity contribution < 1.29 is 0 Å². The number of nitrogen functional groups attached to an aromatic ring is 1. The summed E-state index contributed by atoms with van der Waals surface area (Å²) in [5.74, 6) is 0. The van der Waals surface area contributed by atoms with Crippen molar-refractivity contribution in [2.75, 3.05) is 16.4 Å². The second-order valence-electron chi connectivity index (χ2n) is 4.35. The molecule has 0 bridgehead atoms. The number of anilines is 3. The zero-order valence-electron chi connectivity index (χ0n) is 11.0. The molecule has 0 fully saturated rings. The van der Waals surface area contributed by atoms with Crippen LogP contribution in [0.1, 0.15) is 5.56 Å². The number of thiocarbonyl (C=S) groups is 1. The van der Waals surface area contributed by atoms with Gasteiger partial charge in [-0.15, -0.1) is 0 Å². The minimum atomic E-state index is 0.341. The highest BCUT2D eigenvalue weighted by atomic mass is 35.5. The Labute approximate surface area is 143 Å². The van der Waals surface area contributed by atoms with Gasteiger partial charge in [0.05, 0.1) is 15.7 Å². The van der Waals surface area contributed by atoms with Gasteiger partial charge in [0.2, 0.25) is 0 Å². The van der Waals surface area contributed by atoms with E-state index in [1.807, 2.05) is 25.1 Å². The fourth-order valence-electron chi connectivity index (χ4n) is 1.68. The molecule has 0 unspecified atom stereocenters. The number of rotatable bonds is 2. The molecule has 7 heteroatoms. The van der Waals surface area contributed by atoms with Gasteiger partial charge in [-0.05, 0) is 49.0 Å². The van der Waals surface area contributed by atoms with E-state index in [-0.39, 0.29) is 0 Å².